The summed E-state index contributed by atoms with van der Waals surface area (Å²) in [7, 11) is -0.692. The molecule has 0 amide bonds. The van der Waals surface area contributed by atoms with E-state index in [1.165, 1.54) is 19.2 Å². The van der Waals surface area contributed by atoms with Gasteiger partial charge in [0.15, 0.2) is 0 Å². The Morgan fingerprint density at radius 2 is 1.61 bits per heavy atom. The van der Waals surface area contributed by atoms with Crippen LogP contribution in [0.15, 0.2) is 71.9 Å². The van der Waals surface area contributed by atoms with E-state index in [9.17, 15) is 8.42 Å². The number of methoxy groups -OCH3 is 2. The minimum atomic E-state index is -3.77. The molecule has 3 rings (SSSR count). The summed E-state index contributed by atoms with van der Waals surface area (Å²) < 4.78 is 38.3. The maximum absolute atomic E-state index is 12.7. The van der Waals surface area contributed by atoms with Gasteiger partial charge in [0.25, 0.3) is 10.0 Å². The lowest BCUT2D eigenvalue weighted by Gasteiger charge is -2.10. The number of sulfonamides is 1. The van der Waals surface area contributed by atoms with E-state index in [-0.39, 0.29) is 4.90 Å². The minimum absolute atomic E-state index is 0.130. The summed E-state index contributed by atoms with van der Waals surface area (Å²) in [5, 5.41) is 0. The Kier molecular flexibility index (Phi) is 5.82. The molecular weight excluding hydrogens is 376 g/mol. The molecular formula is C21H18N2O4S. The van der Waals surface area contributed by atoms with Crippen molar-refractivity contribution in [3.05, 3.63) is 78.1 Å². The van der Waals surface area contributed by atoms with Crippen molar-refractivity contribution in [2.24, 2.45) is 0 Å². The second kappa shape index (κ2) is 8.46. The van der Waals surface area contributed by atoms with E-state index in [0.29, 0.717) is 28.3 Å². The molecule has 0 saturated carbocycles. The van der Waals surface area contributed by atoms with Gasteiger partial charge in [-0.15, -0.1) is 0 Å². The molecule has 2 aromatic carbocycles. The molecule has 0 spiro atoms. The number of nitrogens with one attached hydrogen (secondary N) is 1. The summed E-state index contributed by atoms with van der Waals surface area (Å²) in [5.41, 5.74) is 1.52. The molecule has 0 saturated heterocycles. The fourth-order valence-electron chi connectivity index (χ4n) is 2.43. The summed E-state index contributed by atoms with van der Waals surface area (Å²) in [6.07, 6.45) is 3.21. The van der Waals surface area contributed by atoms with Crippen molar-refractivity contribution in [3.63, 3.8) is 0 Å². The molecule has 7 heteroatoms. The van der Waals surface area contributed by atoms with Crippen LogP contribution in [0.5, 0.6) is 11.5 Å². The van der Waals surface area contributed by atoms with Gasteiger partial charge in [-0.25, -0.2) is 8.42 Å². The van der Waals surface area contributed by atoms with E-state index in [2.05, 4.69) is 21.5 Å². The van der Waals surface area contributed by atoms with E-state index >= 15 is 0 Å². The van der Waals surface area contributed by atoms with Gasteiger partial charge in [-0.2, -0.15) is 0 Å². The molecule has 0 aliphatic heterocycles. The topological polar surface area (TPSA) is 77.5 Å². The summed E-state index contributed by atoms with van der Waals surface area (Å²) in [5.74, 6) is 7.13. The first-order valence-corrected chi connectivity index (χ1v) is 9.78. The van der Waals surface area contributed by atoms with Crippen molar-refractivity contribution in [3.8, 4) is 23.3 Å². The number of benzene rings is 2. The molecule has 6 nitrogen and oxygen atoms in total. The number of rotatable bonds is 5. The van der Waals surface area contributed by atoms with Gasteiger partial charge in [0.05, 0.1) is 30.4 Å². The fraction of sp³-hybridized carbons (Fsp3) is 0.0952. The van der Waals surface area contributed by atoms with E-state index < -0.39 is 10.0 Å². The third-order valence-corrected chi connectivity index (χ3v) is 5.26. The first kappa shape index (κ1) is 19.3. The minimum Gasteiger partial charge on any atom is -0.497 e. The van der Waals surface area contributed by atoms with Crippen LogP contribution in [-0.4, -0.2) is 27.6 Å². The number of hydrogen-bond acceptors (Lipinski definition) is 5. The molecule has 1 N–H and O–H groups in total. The Morgan fingerprint density at radius 1 is 0.893 bits per heavy atom. The van der Waals surface area contributed by atoms with Crippen LogP contribution in [0, 0.1) is 11.8 Å². The van der Waals surface area contributed by atoms with Crippen molar-refractivity contribution in [2.75, 3.05) is 18.9 Å². The van der Waals surface area contributed by atoms with Crippen LogP contribution in [0.4, 0.5) is 5.69 Å². The lowest BCUT2D eigenvalue weighted by atomic mass is 10.1. The summed E-state index contributed by atoms with van der Waals surface area (Å²) in [6, 6.07) is 14.8. The van der Waals surface area contributed by atoms with Gasteiger partial charge in [0.2, 0.25) is 0 Å². The molecule has 3 aromatic rings. The monoisotopic (exact) mass is 394 g/mol. The first-order valence-electron chi connectivity index (χ1n) is 8.29. The second-order valence-corrected chi connectivity index (χ2v) is 7.33. The molecule has 142 valence electrons. The normalized spacial score (nSPS) is 10.5. The second-order valence-electron chi connectivity index (χ2n) is 5.65. The smallest absolute Gasteiger partial charge is 0.261 e. The number of nitrogens with zero attached hydrogens (tertiary/aromatic N) is 1. The molecule has 0 aliphatic rings. The predicted octanol–water partition coefficient (Wildman–Crippen LogP) is 3.30. The van der Waals surface area contributed by atoms with E-state index in [1.54, 1.807) is 62.0 Å². The van der Waals surface area contributed by atoms with Crippen molar-refractivity contribution >= 4 is 15.7 Å². The number of pyridine rings is 1. The highest BCUT2D eigenvalue weighted by atomic mass is 32.2. The number of para-hydroxylation sites is 1. The molecule has 1 aromatic heterocycles. The standard InChI is InChI=1S/C21H18N2O4S/c1-26-18-9-11-19(12-10-18)28(24,25)23-20-6-4-3-5-16(20)7-8-17-15-22-14-13-21(17)27-2/h3-6,9-15,23H,1-2H3. The van der Waals surface area contributed by atoms with Crippen LogP contribution in [0.25, 0.3) is 0 Å². The van der Waals surface area contributed by atoms with Crippen LogP contribution in [0.2, 0.25) is 0 Å². The highest BCUT2D eigenvalue weighted by Crippen LogP contribution is 2.22. The van der Waals surface area contributed by atoms with Crippen molar-refractivity contribution in [1.29, 1.82) is 0 Å². The Balaban J connectivity index is 1.91. The number of aromatic nitrogens is 1. The predicted molar refractivity (Wildman–Crippen MR) is 107 cm³/mol. The van der Waals surface area contributed by atoms with Crippen molar-refractivity contribution < 1.29 is 17.9 Å². The Morgan fingerprint density at radius 3 is 2.32 bits per heavy atom. The Bertz CT molecular complexity index is 1130. The third kappa shape index (κ3) is 4.42. The molecule has 0 bridgehead atoms. The zero-order chi connectivity index (χ0) is 20.0. The van der Waals surface area contributed by atoms with Crippen LogP contribution in [0.3, 0.4) is 0 Å². The van der Waals surface area contributed by atoms with Gasteiger partial charge in [-0.1, -0.05) is 24.0 Å². The maximum Gasteiger partial charge on any atom is 0.261 e. The molecule has 0 fully saturated rings. The van der Waals surface area contributed by atoms with Crippen LogP contribution >= 0.6 is 0 Å². The van der Waals surface area contributed by atoms with E-state index in [1.807, 2.05) is 0 Å². The average molecular weight is 394 g/mol. The largest absolute Gasteiger partial charge is 0.497 e. The van der Waals surface area contributed by atoms with Crippen LogP contribution in [0.1, 0.15) is 11.1 Å². The summed E-state index contributed by atoms with van der Waals surface area (Å²) >= 11 is 0. The van der Waals surface area contributed by atoms with Gasteiger partial charge < -0.3 is 9.47 Å². The Labute approximate surface area is 164 Å². The lowest BCUT2D eigenvalue weighted by molar-refractivity contribution is 0.413. The lowest BCUT2D eigenvalue weighted by Crippen LogP contribution is -2.13. The molecule has 0 radical (unpaired) electrons. The molecule has 1 heterocycles. The SMILES string of the molecule is COc1ccc(S(=O)(=O)Nc2ccccc2C#Cc2cnccc2OC)cc1. The van der Waals surface area contributed by atoms with E-state index in [0.717, 1.165) is 0 Å². The van der Waals surface area contributed by atoms with Crippen LogP contribution in [-0.2, 0) is 10.0 Å². The van der Waals surface area contributed by atoms with Gasteiger partial charge in [-0.3, -0.25) is 9.71 Å². The van der Waals surface area contributed by atoms with Crippen molar-refractivity contribution in [2.45, 2.75) is 4.90 Å². The van der Waals surface area contributed by atoms with Gasteiger partial charge in [0.1, 0.15) is 11.5 Å². The zero-order valence-corrected chi connectivity index (χ0v) is 16.2. The first-order chi connectivity index (χ1) is 13.5. The molecule has 0 atom stereocenters. The van der Waals surface area contributed by atoms with Crippen molar-refractivity contribution in [1.82, 2.24) is 4.98 Å². The number of anilines is 1. The highest BCUT2D eigenvalue weighted by Gasteiger charge is 2.15. The van der Waals surface area contributed by atoms with E-state index in [4.69, 9.17) is 9.47 Å². The quantitative estimate of drug-likeness (QED) is 0.672. The maximum atomic E-state index is 12.7. The Hall–Kier alpha value is -3.50. The third-order valence-electron chi connectivity index (χ3n) is 3.87. The fourth-order valence-corrected chi connectivity index (χ4v) is 3.51. The average Bonchev–Trinajstić information content (AvgIpc) is 2.73. The number of hydrogen-bond donors (Lipinski definition) is 1. The number of ether oxygens (including phenoxy) is 2. The summed E-state index contributed by atoms with van der Waals surface area (Å²) in [4.78, 5) is 4.17. The highest BCUT2D eigenvalue weighted by molar-refractivity contribution is 7.92. The summed E-state index contributed by atoms with van der Waals surface area (Å²) in [6.45, 7) is 0. The molecule has 28 heavy (non-hydrogen) atoms. The molecule has 0 unspecified atom stereocenters. The van der Waals surface area contributed by atoms with Gasteiger partial charge in [0, 0.05) is 18.0 Å². The van der Waals surface area contributed by atoms with Gasteiger partial charge in [-0.05, 0) is 42.5 Å². The molecule has 0 aliphatic carbocycles. The van der Waals surface area contributed by atoms with Crippen LogP contribution < -0.4 is 14.2 Å². The van der Waals surface area contributed by atoms with Gasteiger partial charge >= 0.3 is 0 Å². The zero-order valence-electron chi connectivity index (χ0n) is 15.3.